The normalized spacial score (nSPS) is 18.6. The summed E-state index contributed by atoms with van der Waals surface area (Å²) in [6, 6.07) is 2.16. The average Bonchev–Trinajstić information content (AvgIpc) is 2.39. The van der Waals surface area contributed by atoms with Gasteiger partial charge in [-0.3, -0.25) is 4.98 Å². The molecule has 1 N–H and O–H groups in total. The van der Waals surface area contributed by atoms with Crippen LogP contribution in [0.25, 0.3) is 0 Å². The maximum absolute atomic E-state index is 4.33. The van der Waals surface area contributed by atoms with Gasteiger partial charge in [-0.1, -0.05) is 27.7 Å². The van der Waals surface area contributed by atoms with Gasteiger partial charge in [-0.15, -0.1) is 0 Å². The number of hydrogen-bond donors (Lipinski definition) is 1. The Labute approximate surface area is 123 Å². The van der Waals surface area contributed by atoms with E-state index in [4.69, 9.17) is 0 Å². The van der Waals surface area contributed by atoms with Crippen LogP contribution < -0.4 is 10.2 Å². The van der Waals surface area contributed by atoms with E-state index in [0.29, 0.717) is 11.3 Å². The molecule has 0 unspecified atom stereocenters. The number of nitrogens with zero attached hydrogens (tertiary/aromatic N) is 2. The van der Waals surface area contributed by atoms with Gasteiger partial charge in [0.05, 0.1) is 11.9 Å². The van der Waals surface area contributed by atoms with Crippen LogP contribution in [0.2, 0.25) is 0 Å². The first-order valence-electron chi connectivity index (χ1n) is 7.86. The van der Waals surface area contributed by atoms with Crippen LogP contribution in [0.5, 0.6) is 0 Å². The first-order chi connectivity index (χ1) is 9.48. The van der Waals surface area contributed by atoms with Gasteiger partial charge in [-0.2, -0.15) is 0 Å². The maximum atomic E-state index is 4.33. The van der Waals surface area contributed by atoms with Crippen molar-refractivity contribution in [1.29, 1.82) is 0 Å². The molecule has 0 spiro atoms. The topological polar surface area (TPSA) is 28.2 Å². The molecule has 0 aliphatic carbocycles. The summed E-state index contributed by atoms with van der Waals surface area (Å²) in [6.45, 7) is 13.5. The van der Waals surface area contributed by atoms with Crippen LogP contribution in [0.1, 0.15) is 46.1 Å². The molecule has 0 atom stereocenters. The van der Waals surface area contributed by atoms with Crippen LogP contribution in [0, 0.1) is 11.3 Å². The largest absolute Gasteiger partial charge is 0.370 e. The van der Waals surface area contributed by atoms with E-state index in [0.717, 1.165) is 26.2 Å². The number of nitrogens with one attached hydrogen (secondary N) is 1. The Bertz CT molecular complexity index is 416. The summed E-state index contributed by atoms with van der Waals surface area (Å²) in [5.41, 5.74) is 3.19. The Morgan fingerprint density at radius 3 is 2.65 bits per heavy atom. The van der Waals surface area contributed by atoms with Gasteiger partial charge in [0.2, 0.25) is 0 Å². The van der Waals surface area contributed by atoms with Crippen molar-refractivity contribution < 1.29 is 0 Å². The van der Waals surface area contributed by atoms with Crippen LogP contribution in [0.4, 0.5) is 5.69 Å². The predicted octanol–water partition coefficient (Wildman–Crippen LogP) is 3.45. The third-order valence-electron chi connectivity index (χ3n) is 4.21. The van der Waals surface area contributed by atoms with Crippen molar-refractivity contribution in [2.24, 2.45) is 11.3 Å². The van der Waals surface area contributed by atoms with E-state index in [1.165, 1.54) is 24.1 Å². The van der Waals surface area contributed by atoms with E-state index in [1.54, 1.807) is 0 Å². The van der Waals surface area contributed by atoms with Gasteiger partial charge in [0.15, 0.2) is 0 Å². The van der Waals surface area contributed by atoms with Gasteiger partial charge < -0.3 is 10.2 Å². The molecule has 2 heterocycles. The van der Waals surface area contributed by atoms with Crippen molar-refractivity contribution in [1.82, 2.24) is 10.3 Å². The fourth-order valence-electron chi connectivity index (χ4n) is 2.70. The number of rotatable bonds is 5. The van der Waals surface area contributed by atoms with Gasteiger partial charge in [0.1, 0.15) is 0 Å². The Hall–Kier alpha value is -1.09. The van der Waals surface area contributed by atoms with Crippen LogP contribution in [-0.2, 0) is 6.54 Å². The van der Waals surface area contributed by atoms with E-state index in [-0.39, 0.29) is 0 Å². The zero-order valence-electron chi connectivity index (χ0n) is 13.4. The molecule has 20 heavy (non-hydrogen) atoms. The standard InChI is InChI=1S/C17H29N3/c1-14(2)11-19-12-15-5-8-18-13-16(15)20-9-6-17(3,4)7-10-20/h5,8,13-14,19H,6-7,9-12H2,1-4H3. The molecule has 1 aliphatic heterocycles. The minimum atomic E-state index is 0.495. The van der Waals surface area contributed by atoms with E-state index in [9.17, 15) is 0 Å². The third kappa shape index (κ3) is 4.20. The third-order valence-corrected chi connectivity index (χ3v) is 4.21. The summed E-state index contributed by atoms with van der Waals surface area (Å²) in [7, 11) is 0. The van der Waals surface area contributed by atoms with Crippen molar-refractivity contribution in [3.63, 3.8) is 0 Å². The Balaban J connectivity index is 2.01. The first-order valence-corrected chi connectivity index (χ1v) is 7.86. The molecule has 1 aliphatic rings. The van der Waals surface area contributed by atoms with E-state index >= 15 is 0 Å². The highest BCUT2D eigenvalue weighted by Crippen LogP contribution is 2.33. The molecule has 2 rings (SSSR count). The van der Waals surface area contributed by atoms with Gasteiger partial charge in [0, 0.05) is 25.8 Å². The highest BCUT2D eigenvalue weighted by Gasteiger charge is 2.26. The zero-order chi connectivity index (χ0) is 14.6. The second kappa shape index (κ2) is 6.57. The van der Waals surface area contributed by atoms with Crippen molar-refractivity contribution in [3.05, 3.63) is 24.0 Å². The summed E-state index contributed by atoms with van der Waals surface area (Å²) >= 11 is 0. The van der Waals surface area contributed by atoms with E-state index < -0.39 is 0 Å². The number of pyridine rings is 1. The molecule has 0 radical (unpaired) electrons. The molecule has 1 fully saturated rings. The minimum absolute atomic E-state index is 0.495. The van der Waals surface area contributed by atoms with Crippen molar-refractivity contribution in [2.45, 2.75) is 47.1 Å². The molecule has 0 bridgehead atoms. The lowest BCUT2D eigenvalue weighted by Crippen LogP contribution is -2.38. The molecule has 0 amide bonds. The fraction of sp³-hybridized carbons (Fsp3) is 0.706. The Morgan fingerprint density at radius 1 is 1.30 bits per heavy atom. The highest BCUT2D eigenvalue weighted by molar-refractivity contribution is 5.52. The molecule has 0 aromatic carbocycles. The van der Waals surface area contributed by atoms with E-state index in [1.807, 2.05) is 12.4 Å². The summed E-state index contributed by atoms with van der Waals surface area (Å²) in [5, 5.41) is 3.54. The lowest BCUT2D eigenvalue weighted by atomic mass is 9.82. The molecule has 112 valence electrons. The molecule has 3 heteroatoms. The Morgan fingerprint density at radius 2 is 2.00 bits per heavy atom. The molecule has 0 saturated carbocycles. The van der Waals surface area contributed by atoms with Gasteiger partial charge in [-0.25, -0.2) is 0 Å². The molecular weight excluding hydrogens is 246 g/mol. The van der Waals surface area contributed by atoms with Crippen molar-refractivity contribution in [3.8, 4) is 0 Å². The van der Waals surface area contributed by atoms with Gasteiger partial charge in [-0.05, 0) is 42.3 Å². The summed E-state index contributed by atoms with van der Waals surface area (Å²) in [4.78, 5) is 6.84. The fourth-order valence-corrected chi connectivity index (χ4v) is 2.70. The average molecular weight is 275 g/mol. The van der Waals surface area contributed by atoms with Crippen LogP contribution in [0.3, 0.4) is 0 Å². The minimum Gasteiger partial charge on any atom is -0.370 e. The Kier molecular flexibility index (Phi) is 5.03. The predicted molar refractivity (Wildman–Crippen MR) is 86.0 cm³/mol. The van der Waals surface area contributed by atoms with Crippen molar-refractivity contribution in [2.75, 3.05) is 24.5 Å². The summed E-state index contributed by atoms with van der Waals surface area (Å²) in [5.74, 6) is 0.691. The zero-order valence-corrected chi connectivity index (χ0v) is 13.4. The second-order valence-electron chi connectivity index (χ2n) is 7.18. The molecule has 1 aromatic rings. The van der Waals surface area contributed by atoms with Gasteiger partial charge in [0.25, 0.3) is 0 Å². The maximum Gasteiger partial charge on any atom is 0.0598 e. The number of hydrogen-bond acceptors (Lipinski definition) is 3. The smallest absolute Gasteiger partial charge is 0.0598 e. The first kappa shape index (κ1) is 15.3. The van der Waals surface area contributed by atoms with E-state index in [2.05, 4.69) is 49.0 Å². The second-order valence-corrected chi connectivity index (χ2v) is 7.18. The molecule has 3 nitrogen and oxygen atoms in total. The summed E-state index contributed by atoms with van der Waals surface area (Å²) < 4.78 is 0. The van der Waals surface area contributed by atoms with Gasteiger partial charge >= 0.3 is 0 Å². The lowest BCUT2D eigenvalue weighted by molar-refractivity contribution is 0.279. The lowest BCUT2D eigenvalue weighted by Gasteiger charge is -2.38. The number of anilines is 1. The summed E-state index contributed by atoms with van der Waals surface area (Å²) in [6.07, 6.45) is 6.47. The van der Waals surface area contributed by atoms with Crippen LogP contribution in [-0.4, -0.2) is 24.6 Å². The highest BCUT2D eigenvalue weighted by atomic mass is 15.1. The van der Waals surface area contributed by atoms with Crippen LogP contribution >= 0.6 is 0 Å². The molecule has 1 saturated heterocycles. The number of aromatic nitrogens is 1. The molecular formula is C17H29N3. The number of piperidine rings is 1. The molecule has 1 aromatic heterocycles. The van der Waals surface area contributed by atoms with Crippen LogP contribution in [0.15, 0.2) is 18.5 Å². The quantitative estimate of drug-likeness (QED) is 0.892. The SMILES string of the molecule is CC(C)CNCc1ccncc1N1CCC(C)(C)CC1. The van der Waals surface area contributed by atoms with Crippen molar-refractivity contribution >= 4 is 5.69 Å². The monoisotopic (exact) mass is 275 g/mol.